The molecule has 0 unspecified atom stereocenters. The van der Waals surface area contributed by atoms with Crippen molar-refractivity contribution in [2.24, 2.45) is 0 Å². The van der Waals surface area contributed by atoms with Gasteiger partial charge in [-0.05, 0) is 36.8 Å². The van der Waals surface area contributed by atoms with Gasteiger partial charge in [0.15, 0.2) is 5.13 Å². The highest BCUT2D eigenvalue weighted by Gasteiger charge is 2.13. The zero-order chi connectivity index (χ0) is 18.1. The molecule has 0 aromatic carbocycles. The van der Waals surface area contributed by atoms with E-state index < -0.39 is 5.91 Å². The van der Waals surface area contributed by atoms with Crippen molar-refractivity contribution in [2.45, 2.75) is 6.92 Å². The number of anilines is 2. The van der Waals surface area contributed by atoms with Gasteiger partial charge in [0.05, 0.1) is 11.4 Å². The molecule has 1 amide bonds. The second kappa shape index (κ2) is 6.54. The smallest absolute Gasteiger partial charge is 0.294 e. The highest BCUT2D eigenvalue weighted by Crippen LogP contribution is 2.27. The van der Waals surface area contributed by atoms with Crippen LogP contribution in [0.2, 0.25) is 0 Å². The second-order valence-corrected chi connectivity index (χ2v) is 6.40. The van der Waals surface area contributed by atoms with Gasteiger partial charge in [-0.3, -0.25) is 10.0 Å². The van der Waals surface area contributed by atoms with Crippen LogP contribution in [0.3, 0.4) is 0 Å². The molecule has 8 nitrogen and oxygen atoms in total. The molecular weight excluding hydrogens is 352 g/mol. The number of amides is 1. The van der Waals surface area contributed by atoms with Gasteiger partial charge in [0.1, 0.15) is 5.69 Å². The van der Waals surface area contributed by atoms with Crippen molar-refractivity contribution in [3.05, 3.63) is 59.4 Å². The van der Waals surface area contributed by atoms with Crippen molar-refractivity contribution < 1.29 is 10.0 Å². The zero-order valence-corrected chi connectivity index (χ0v) is 14.5. The van der Waals surface area contributed by atoms with E-state index in [1.807, 2.05) is 37.4 Å². The van der Waals surface area contributed by atoms with Gasteiger partial charge >= 0.3 is 0 Å². The van der Waals surface area contributed by atoms with E-state index in [1.165, 1.54) is 16.7 Å². The molecule has 4 aromatic rings. The third kappa shape index (κ3) is 2.89. The maximum Gasteiger partial charge on any atom is 0.294 e. The number of thiazole rings is 1. The Balaban J connectivity index is 1.67. The van der Waals surface area contributed by atoms with Crippen LogP contribution in [0.25, 0.3) is 16.9 Å². The minimum absolute atomic E-state index is 0.115. The highest BCUT2D eigenvalue weighted by molar-refractivity contribution is 7.14. The molecule has 0 atom stereocenters. The van der Waals surface area contributed by atoms with Gasteiger partial charge in [0.2, 0.25) is 5.95 Å². The number of rotatable bonds is 4. The second-order valence-electron chi connectivity index (χ2n) is 5.54. The number of hydrogen-bond acceptors (Lipinski definition) is 7. The molecule has 0 aliphatic rings. The van der Waals surface area contributed by atoms with Crippen LogP contribution in [0.4, 0.5) is 11.1 Å². The van der Waals surface area contributed by atoms with Gasteiger partial charge in [-0.2, -0.15) is 0 Å². The van der Waals surface area contributed by atoms with Crippen LogP contribution in [0.1, 0.15) is 16.1 Å². The number of carbonyl (C=O) groups excluding carboxylic acids is 1. The number of aromatic nitrogens is 4. The topological polar surface area (TPSA) is 104 Å². The molecule has 3 N–H and O–H groups in total. The Kier molecular flexibility index (Phi) is 4.07. The molecule has 0 fully saturated rings. The summed E-state index contributed by atoms with van der Waals surface area (Å²) < 4.78 is 2.08. The maximum absolute atomic E-state index is 11.4. The normalized spacial score (nSPS) is 10.8. The molecule has 0 saturated carbocycles. The van der Waals surface area contributed by atoms with Gasteiger partial charge in [-0.25, -0.2) is 20.4 Å². The van der Waals surface area contributed by atoms with Crippen LogP contribution >= 0.6 is 11.3 Å². The van der Waals surface area contributed by atoms with E-state index >= 15 is 0 Å². The van der Waals surface area contributed by atoms with E-state index in [9.17, 15) is 4.79 Å². The lowest BCUT2D eigenvalue weighted by atomic mass is 10.2. The SMILES string of the molecule is Cc1cc2ccccn2c1-c1ccnc(Nc2nc(C(=O)NO)cs2)n1. The van der Waals surface area contributed by atoms with Crippen LogP contribution in [-0.2, 0) is 0 Å². The summed E-state index contributed by atoms with van der Waals surface area (Å²) >= 11 is 1.22. The quantitative estimate of drug-likeness (QED) is 0.379. The Labute approximate surface area is 152 Å². The van der Waals surface area contributed by atoms with Crippen LogP contribution in [0.15, 0.2) is 48.1 Å². The minimum Gasteiger partial charge on any atom is -0.315 e. The fourth-order valence-electron chi connectivity index (χ4n) is 2.72. The van der Waals surface area contributed by atoms with Gasteiger partial charge in [-0.1, -0.05) is 6.07 Å². The van der Waals surface area contributed by atoms with Crippen LogP contribution < -0.4 is 10.8 Å². The van der Waals surface area contributed by atoms with Crippen molar-refractivity contribution in [2.75, 3.05) is 5.32 Å². The van der Waals surface area contributed by atoms with E-state index in [0.29, 0.717) is 11.1 Å². The predicted molar refractivity (Wildman–Crippen MR) is 97.8 cm³/mol. The molecule has 130 valence electrons. The molecule has 4 aromatic heterocycles. The molecule has 0 saturated heterocycles. The van der Waals surface area contributed by atoms with Crippen LogP contribution in [0, 0.1) is 6.92 Å². The molecule has 9 heteroatoms. The summed E-state index contributed by atoms with van der Waals surface area (Å²) in [5, 5.41) is 13.6. The van der Waals surface area contributed by atoms with Gasteiger partial charge in [0.25, 0.3) is 5.91 Å². The Bertz CT molecular complexity index is 1100. The fraction of sp³-hybridized carbons (Fsp3) is 0.0588. The molecule has 0 bridgehead atoms. The standard InChI is InChI=1S/C17H14N6O2S/c1-10-8-11-4-2-3-7-23(11)14(10)12-5-6-18-16(19-12)21-17-20-13(9-26-17)15(24)22-25/h2-9,25H,1H3,(H,22,24)(H,18,19,20,21). The molecular formula is C17H14N6O2S. The van der Waals surface area contributed by atoms with Crippen molar-refractivity contribution in [1.29, 1.82) is 0 Å². The lowest BCUT2D eigenvalue weighted by molar-refractivity contribution is 0.0701. The first-order valence-electron chi connectivity index (χ1n) is 7.73. The van der Waals surface area contributed by atoms with E-state index in [4.69, 9.17) is 5.21 Å². The van der Waals surface area contributed by atoms with E-state index in [1.54, 1.807) is 11.7 Å². The van der Waals surface area contributed by atoms with E-state index in [0.717, 1.165) is 22.5 Å². The van der Waals surface area contributed by atoms with Crippen molar-refractivity contribution in [3.8, 4) is 11.4 Å². The lowest BCUT2D eigenvalue weighted by Gasteiger charge is -2.06. The van der Waals surface area contributed by atoms with E-state index in [2.05, 4.69) is 30.7 Å². The lowest BCUT2D eigenvalue weighted by Crippen LogP contribution is -2.18. The summed E-state index contributed by atoms with van der Waals surface area (Å²) in [5.74, 6) is -0.294. The summed E-state index contributed by atoms with van der Waals surface area (Å²) in [4.78, 5) is 24.2. The first-order chi connectivity index (χ1) is 12.7. The average Bonchev–Trinajstić information content (AvgIpc) is 3.24. The van der Waals surface area contributed by atoms with Crippen molar-refractivity contribution >= 4 is 33.8 Å². The molecule has 0 aliphatic heterocycles. The predicted octanol–water partition coefficient (Wildman–Crippen LogP) is 3.02. The summed E-state index contributed by atoms with van der Waals surface area (Å²) in [6.07, 6.45) is 3.66. The number of pyridine rings is 1. The first kappa shape index (κ1) is 16.2. The number of nitrogens with zero attached hydrogens (tertiary/aromatic N) is 4. The van der Waals surface area contributed by atoms with Crippen LogP contribution in [-0.4, -0.2) is 30.5 Å². The summed E-state index contributed by atoms with van der Waals surface area (Å²) in [5.41, 5.74) is 5.63. The van der Waals surface area contributed by atoms with E-state index in [-0.39, 0.29) is 5.69 Å². The Morgan fingerprint density at radius 1 is 1.27 bits per heavy atom. The number of carbonyl (C=O) groups is 1. The maximum atomic E-state index is 11.4. The molecule has 26 heavy (non-hydrogen) atoms. The summed E-state index contributed by atoms with van der Waals surface area (Å²) in [6.45, 7) is 2.04. The average molecular weight is 366 g/mol. The highest BCUT2D eigenvalue weighted by atomic mass is 32.1. The molecule has 4 heterocycles. The fourth-order valence-corrected chi connectivity index (χ4v) is 3.41. The number of hydrogen-bond donors (Lipinski definition) is 3. The monoisotopic (exact) mass is 366 g/mol. The zero-order valence-electron chi connectivity index (χ0n) is 13.7. The number of nitrogens with one attached hydrogen (secondary N) is 2. The first-order valence-corrected chi connectivity index (χ1v) is 8.61. The molecule has 0 spiro atoms. The minimum atomic E-state index is -0.667. The van der Waals surface area contributed by atoms with Crippen LogP contribution in [0.5, 0.6) is 0 Å². The van der Waals surface area contributed by atoms with Crippen molar-refractivity contribution in [3.63, 3.8) is 0 Å². The summed E-state index contributed by atoms with van der Waals surface area (Å²) in [7, 11) is 0. The largest absolute Gasteiger partial charge is 0.315 e. The summed E-state index contributed by atoms with van der Waals surface area (Å²) in [6, 6.07) is 9.96. The van der Waals surface area contributed by atoms with Crippen molar-refractivity contribution in [1.82, 2.24) is 24.8 Å². The van der Waals surface area contributed by atoms with Gasteiger partial charge in [-0.15, -0.1) is 11.3 Å². The Morgan fingerprint density at radius 3 is 3.00 bits per heavy atom. The third-order valence-corrected chi connectivity index (χ3v) is 4.58. The number of hydroxylamine groups is 1. The van der Waals surface area contributed by atoms with Gasteiger partial charge < -0.3 is 9.72 Å². The number of fused-ring (bicyclic) bond motifs is 1. The molecule has 4 rings (SSSR count). The Hall–Kier alpha value is -3.30. The Morgan fingerprint density at radius 2 is 2.15 bits per heavy atom. The third-order valence-electron chi connectivity index (χ3n) is 3.83. The molecule has 0 aliphatic carbocycles. The number of aryl methyl sites for hydroxylation is 1. The molecule has 0 radical (unpaired) electrons. The van der Waals surface area contributed by atoms with Gasteiger partial charge in [0, 0.05) is 23.3 Å².